The van der Waals surface area contributed by atoms with Crippen molar-refractivity contribution in [2.45, 2.75) is 38.6 Å². The van der Waals surface area contributed by atoms with Crippen molar-refractivity contribution in [3.8, 4) is 0 Å². The zero-order valence-electron chi connectivity index (χ0n) is 12.5. The molecule has 1 atom stereocenters. The minimum absolute atomic E-state index is 0.101. The Hall–Kier alpha value is -1.94. The lowest BCUT2D eigenvalue weighted by Gasteiger charge is -2.08. The molecule has 0 aliphatic carbocycles. The SMILES string of the molecule is CC(N)CCCC(=O)NCCc1cccc2cccnc12. The van der Waals surface area contributed by atoms with Gasteiger partial charge in [0.15, 0.2) is 0 Å². The van der Waals surface area contributed by atoms with Crippen molar-refractivity contribution in [2.24, 2.45) is 5.73 Å². The third-order valence-electron chi connectivity index (χ3n) is 3.50. The lowest BCUT2D eigenvalue weighted by Crippen LogP contribution is -2.26. The molecule has 4 heteroatoms. The summed E-state index contributed by atoms with van der Waals surface area (Å²) >= 11 is 0. The van der Waals surface area contributed by atoms with Crippen LogP contribution in [0.2, 0.25) is 0 Å². The highest BCUT2D eigenvalue weighted by molar-refractivity contribution is 5.81. The molecule has 1 amide bonds. The number of amides is 1. The molecule has 0 bridgehead atoms. The lowest BCUT2D eigenvalue weighted by atomic mass is 10.1. The van der Waals surface area contributed by atoms with Crippen molar-refractivity contribution in [1.29, 1.82) is 0 Å². The summed E-state index contributed by atoms with van der Waals surface area (Å²) in [5.41, 5.74) is 7.86. The summed E-state index contributed by atoms with van der Waals surface area (Å²) in [6, 6.07) is 10.3. The van der Waals surface area contributed by atoms with Gasteiger partial charge in [0.25, 0.3) is 0 Å². The number of para-hydroxylation sites is 1. The Labute approximate surface area is 125 Å². The van der Waals surface area contributed by atoms with Crippen LogP contribution < -0.4 is 11.1 Å². The Kier molecular flexibility index (Phi) is 5.69. The minimum Gasteiger partial charge on any atom is -0.356 e. The molecule has 3 N–H and O–H groups in total. The largest absolute Gasteiger partial charge is 0.356 e. The first kappa shape index (κ1) is 15.4. The van der Waals surface area contributed by atoms with Gasteiger partial charge in [0.05, 0.1) is 5.52 Å². The average Bonchev–Trinajstić information content (AvgIpc) is 2.47. The maximum atomic E-state index is 11.7. The zero-order valence-corrected chi connectivity index (χ0v) is 12.5. The Morgan fingerprint density at radius 2 is 2.14 bits per heavy atom. The molecule has 1 unspecified atom stereocenters. The molecule has 2 rings (SSSR count). The summed E-state index contributed by atoms with van der Waals surface area (Å²) in [4.78, 5) is 16.1. The number of aromatic nitrogens is 1. The predicted octanol–water partition coefficient (Wildman–Crippen LogP) is 2.41. The molecule has 112 valence electrons. The van der Waals surface area contributed by atoms with Crippen molar-refractivity contribution in [3.05, 3.63) is 42.1 Å². The molecule has 1 heterocycles. The molecular formula is C17H23N3O. The number of fused-ring (bicyclic) bond motifs is 1. The fraction of sp³-hybridized carbons (Fsp3) is 0.412. The van der Waals surface area contributed by atoms with Crippen LogP contribution in [-0.4, -0.2) is 23.5 Å². The minimum atomic E-state index is 0.101. The maximum absolute atomic E-state index is 11.7. The topological polar surface area (TPSA) is 68.0 Å². The number of rotatable bonds is 7. The van der Waals surface area contributed by atoms with Crippen LogP contribution in [0.5, 0.6) is 0 Å². The fourth-order valence-corrected chi connectivity index (χ4v) is 2.38. The zero-order chi connectivity index (χ0) is 15.1. The van der Waals surface area contributed by atoms with Crippen LogP contribution in [0.1, 0.15) is 31.7 Å². The summed E-state index contributed by atoms with van der Waals surface area (Å²) < 4.78 is 0. The normalized spacial score (nSPS) is 12.3. The Morgan fingerprint density at radius 3 is 2.95 bits per heavy atom. The number of nitrogens with zero attached hydrogens (tertiary/aromatic N) is 1. The van der Waals surface area contributed by atoms with Gasteiger partial charge in [0, 0.05) is 30.6 Å². The molecule has 0 aliphatic heterocycles. The number of nitrogens with two attached hydrogens (primary N) is 1. The number of hydrogen-bond donors (Lipinski definition) is 2. The van der Waals surface area contributed by atoms with Gasteiger partial charge >= 0.3 is 0 Å². The van der Waals surface area contributed by atoms with Crippen molar-refractivity contribution >= 4 is 16.8 Å². The second-order valence-corrected chi connectivity index (χ2v) is 5.46. The average molecular weight is 285 g/mol. The number of carbonyl (C=O) groups excluding carboxylic acids is 1. The van der Waals surface area contributed by atoms with Crippen molar-refractivity contribution in [1.82, 2.24) is 10.3 Å². The smallest absolute Gasteiger partial charge is 0.220 e. The van der Waals surface area contributed by atoms with Crippen molar-refractivity contribution < 1.29 is 4.79 Å². The van der Waals surface area contributed by atoms with E-state index in [0.29, 0.717) is 13.0 Å². The van der Waals surface area contributed by atoms with Crippen LogP contribution in [0.15, 0.2) is 36.5 Å². The van der Waals surface area contributed by atoms with Crippen LogP contribution in [0, 0.1) is 0 Å². The maximum Gasteiger partial charge on any atom is 0.220 e. The lowest BCUT2D eigenvalue weighted by molar-refractivity contribution is -0.121. The second kappa shape index (κ2) is 7.74. The highest BCUT2D eigenvalue weighted by Crippen LogP contribution is 2.15. The molecular weight excluding hydrogens is 262 g/mol. The molecule has 0 saturated heterocycles. The summed E-state index contributed by atoms with van der Waals surface area (Å²) in [7, 11) is 0. The molecule has 21 heavy (non-hydrogen) atoms. The quantitative estimate of drug-likeness (QED) is 0.821. The predicted molar refractivity (Wildman–Crippen MR) is 86.0 cm³/mol. The first-order valence-electron chi connectivity index (χ1n) is 7.51. The number of benzene rings is 1. The summed E-state index contributed by atoms with van der Waals surface area (Å²) in [6.45, 7) is 2.61. The Balaban J connectivity index is 1.81. The van der Waals surface area contributed by atoms with Gasteiger partial charge in [0.2, 0.25) is 5.91 Å². The van der Waals surface area contributed by atoms with E-state index in [1.165, 1.54) is 5.56 Å². The van der Waals surface area contributed by atoms with Crippen molar-refractivity contribution in [3.63, 3.8) is 0 Å². The van der Waals surface area contributed by atoms with Crippen molar-refractivity contribution in [2.75, 3.05) is 6.54 Å². The molecule has 4 nitrogen and oxygen atoms in total. The van der Waals surface area contributed by atoms with E-state index in [4.69, 9.17) is 5.73 Å². The van der Waals surface area contributed by atoms with E-state index in [1.54, 1.807) is 6.20 Å². The molecule has 1 aromatic heterocycles. The molecule has 0 spiro atoms. The van der Waals surface area contributed by atoms with Crippen LogP contribution >= 0.6 is 0 Å². The van der Waals surface area contributed by atoms with Gasteiger partial charge < -0.3 is 11.1 Å². The summed E-state index contributed by atoms with van der Waals surface area (Å²) in [5.74, 6) is 0.101. The van der Waals surface area contributed by atoms with E-state index < -0.39 is 0 Å². The summed E-state index contributed by atoms with van der Waals surface area (Å²) in [6.07, 6.45) is 4.89. The number of pyridine rings is 1. The molecule has 2 aromatic rings. The van der Waals surface area contributed by atoms with Gasteiger partial charge in [-0.1, -0.05) is 24.3 Å². The Morgan fingerprint density at radius 1 is 1.33 bits per heavy atom. The highest BCUT2D eigenvalue weighted by Gasteiger charge is 2.04. The van der Waals surface area contributed by atoms with Gasteiger partial charge in [-0.3, -0.25) is 9.78 Å². The van der Waals surface area contributed by atoms with Crippen LogP contribution in [0.3, 0.4) is 0 Å². The van der Waals surface area contributed by atoms with E-state index >= 15 is 0 Å². The Bertz CT molecular complexity index is 590. The number of hydrogen-bond acceptors (Lipinski definition) is 3. The molecule has 0 saturated carbocycles. The summed E-state index contributed by atoms with van der Waals surface area (Å²) in [5, 5.41) is 4.10. The highest BCUT2D eigenvalue weighted by atomic mass is 16.1. The fourth-order valence-electron chi connectivity index (χ4n) is 2.38. The van der Waals surface area contributed by atoms with Gasteiger partial charge in [-0.05, 0) is 37.8 Å². The van der Waals surface area contributed by atoms with Gasteiger partial charge in [-0.25, -0.2) is 0 Å². The van der Waals surface area contributed by atoms with E-state index in [-0.39, 0.29) is 11.9 Å². The van der Waals surface area contributed by atoms with Crippen LogP contribution in [0.25, 0.3) is 10.9 Å². The van der Waals surface area contributed by atoms with Crippen LogP contribution in [0.4, 0.5) is 0 Å². The van der Waals surface area contributed by atoms with Gasteiger partial charge in [-0.2, -0.15) is 0 Å². The van der Waals surface area contributed by atoms with E-state index in [2.05, 4.69) is 28.5 Å². The molecule has 0 fully saturated rings. The number of nitrogens with one attached hydrogen (secondary N) is 1. The van der Waals surface area contributed by atoms with E-state index in [9.17, 15) is 4.79 Å². The third kappa shape index (κ3) is 4.83. The monoisotopic (exact) mass is 285 g/mol. The number of carbonyl (C=O) groups is 1. The van der Waals surface area contributed by atoms with Gasteiger partial charge in [-0.15, -0.1) is 0 Å². The molecule has 0 radical (unpaired) electrons. The first-order valence-corrected chi connectivity index (χ1v) is 7.51. The second-order valence-electron chi connectivity index (χ2n) is 5.46. The van der Waals surface area contributed by atoms with Crippen LogP contribution in [-0.2, 0) is 11.2 Å². The molecule has 1 aromatic carbocycles. The van der Waals surface area contributed by atoms with E-state index in [1.807, 2.05) is 19.1 Å². The standard InChI is InChI=1S/C17H23N3O/c1-13(18)5-2-9-16(21)19-12-10-15-7-3-6-14-8-4-11-20-17(14)15/h3-4,6-8,11,13H,2,5,9-10,12,18H2,1H3,(H,19,21). The first-order chi connectivity index (χ1) is 10.2. The molecule has 0 aliphatic rings. The van der Waals surface area contributed by atoms with E-state index in [0.717, 1.165) is 30.2 Å². The third-order valence-corrected chi connectivity index (χ3v) is 3.50. The van der Waals surface area contributed by atoms with Gasteiger partial charge in [0.1, 0.15) is 0 Å².